The molecular weight excluding hydrogens is 352 g/mol. The van der Waals surface area contributed by atoms with E-state index in [-0.39, 0.29) is 12.5 Å². The average molecular weight is 371 g/mol. The van der Waals surface area contributed by atoms with E-state index in [4.69, 9.17) is 17.0 Å². The molecule has 114 valence electrons. The molecule has 4 nitrogen and oxygen atoms in total. The van der Waals surface area contributed by atoms with Gasteiger partial charge in [0, 0.05) is 17.6 Å². The first kappa shape index (κ1) is 16.2. The Kier molecular flexibility index (Phi) is 5.99. The minimum atomic E-state index is -0.215. The standard InChI is InChI=1S/C15H19BrN2O2S/c1-11-9-12(16)5-6-13(11)20-10-14(19)17-15(21)18-7-3-2-4-8-18/h5-6,9H,2-4,7-8,10H2,1H3,(H,17,19,21). The molecule has 0 bridgehead atoms. The number of nitrogens with one attached hydrogen (secondary N) is 1. The number of benzene rings is 1. The molecule has 21 heavy (non-hydrogen) atoms. The number of likely N-dealkylation sites (tertiary alicyclic amines) is 1. The minimum absolute atomic E-state index is 0.0313. The molecule has 1 fully saturated rings. The quantitative estimate of drug-likeness (QED) is 0.830. The van der Waals surface area contributed by atoms with E-state index in [9.17, 15) is 4.79 Å². The second kappa shape index (κ2) is 7.75. The van der Waals surface area contributed by atoms with Gasteiger partial charge in [-0.15, -0.1) is 0 Å². The molecule has 1 aromatic rings. The molecule has 1 aliphatic heterocycles. The van der Waals surface area contributed by atoms with E-state index in [1.54, 1.807) is 0 Å². The SMILES string of the molecule is Cc1cc(Br)ccc1OCC(=O)NC(=S)N1CCCCC1. The van der Waals surface area contributed by atoms with E-state index in [1.165, 1.54) is 6.42 Å². The molecule has 1 N–H and O–H groups in total. The predicted molar refractivity (Wildman–Crippen MR) is 90.5 cm³/mol. The van der Waals surface area contributed by atoms with Crippen molar-refractivity contribution in [3.63, 3.8) is 0 Å². The van der Waals surface area contributed by atoms with Crippen LogP contribution in [-0.4, -0.2) is 35.6 Å². The molecule has 0 atom stereocenters. The molecule has 0 radical (unpaired) electrons. The number of carbonyl (C=O) groups excluding carboxylic acids is 1. The van der Waals surface area contributed by atoms with Crippen LogP contribution in [0.15, 0.2) is 22.7 Å². The van der Waals surface area contributed by atoms with Crippen LogP contribution in [0, 0.1) is 6.92 Å². The Morgan fingerprint density at radius 3 is 2.76 bits per heavy atom. The summed E-state index contributed by atoms with van der Waals surface area (Å²) in [7, 11) is 0. The fraction of sp³-hybridized carbons (Fsp3) is 0.467. The first-order valence-electron chi connectivity index (χ1n) is 7.04. The Bertz CT molecular complexity index is 530. The molecule has 2 rings (SSSR count). The van der Waals surface area contributed by atoms with Gasteiger partial charge in [-0.1, -0.05) is 15.9 Å². The van der Waals surface area contributed by atoms with Crippen molar-refractivity contribution in [2.45, 2.75) is 26.2 Å². The summed E-state index contributed by atoms with van der Waals surface area (Å²) in [5.74, 6) is 0.491. The number of aryl methyl sites for hydroxylation is 1. The third-order valence-corrected chi connectivity index (χ3v) is 4.24. The summed E-state index contributed by atoms with van der Waals surface area (Å²) in [6.07, 6.45) is 3.49. The van der Waals surface area contributed by atoms with Crippen molar-refractivity contribution in [2.75, 3.05) is 19.7 Å². The van der Waals surface area contributed by atoms with Gasteiger partial charge in [0.2, 0.25) is 0 Å². The van der Waals surface area contributed by atoms with Crippen LogP contribution in [0.2, 0.25) is 0 Å². The normalized spacial score (nSPS) is 14.7. The number of carbonyl (C=O) groups is 1. The van der Waals surface area contributed by atoms with Crippen LogP contribution in [0.3, 0.4) is 0 Å². The third kappa shape index (κ3) is 4.97. The van der Waals surface area contributed by atoms with Crippen molar-refractivity contribution in [1.82, 2.24) is 10.2 Å². The molecule has 0 unspecified atom stereocenters. The van der Waals surface area contributed by atoms with Crippen LogP contribution in [0.25, 0.3) is 0 Å². The predicted octanol–water partition coefficient (Wildman–Crippen LogP) is 3.02. The first-order valence-corrected chi connectivity index (χ1v) is 8.24. The maximum absolute atomic E-state index is 11.9. The second-order valence-corrected chi connectivity index (χ2v) is 6.40. The molecule has 0 spiro atoms. The van der Waals surface area contributed by atoms with Crippen molar-refractivity contribution in [3.05, 3.63) is 28.2 Å². The molecule has 0 aromatic heterocycles. The zero-order valence-electron chi connectivity index (χ0n) is 12.0. The second-order valence-electron chi connectivity index (χ2n) is 5.10. The number of piperidine rings is 1. The van der Waals surface area contributed by atoms with E-state index in [0.29, 0.717) is 10.9 Å². The number of ether oxygens (including phenoxy) is 1. The van der Waals surface area contributed by atoms with Crippen molar-refractivity contribution < 1.29 is 9.53 Å². The molecule has 1 aliphatic rings. The Morgan fingerprint density at radius 2 is 2.10 bits per heavy atom. The summed E-state index contributed by atoms with van der Waals surface area (Å²) < 4.78 is 6.52. The Balaban J connectivity index is 1.80. The monoisotopic (exact) mass is 370 g/mol. The van der Waals surface area contributed by atoms with Crippen LogP contribution in [0.1, 0.15) is 24.8 Å². The fourth-order valence-corrected chi connectivity index (χ4v) is 3.02. The van der Waals surface area contributed by atoms with Crippen LogP contribution >= 0.6 is 28.1 Å². The molecule has 1 heterocycles. The Labute approximate surface area is 139 Å². The summed E-state index contributed by atoms with van der Waals surface area (Å²) in [6.45, 7) is 3.75. The summed E-state index contributed by atoms with van der Waals surface area (Å²) >= 11 is 8.65. The van der Waals surface area contributed by atoms with Crippen molar-refractivity contribution in [1.29, 1.82) is 0 Å². The lowest BCUT2D eigenvalue weighted by molar-refractivity contribution is -0.121. The van der Waals surface area contributed by atoms with Crippen LogP contribution in [0.5, 0.6) is 5.75 Å². The lowest BCUT2D eigenvalue weighted by Crippen LogP contribution is -2.46. The summed E-state index contributed by atoms with van der Waals surface area (Å²) in [5, 5.41) is 3.24. The van der Waals surface area contributed by atoms with Gasteiger partial charge in [-0.25, -0.2) is 0 Å². The van der Waals surface area contributed by atoms with Crippen LogP contribution in [0.4, 0.5) is 0 Å². The molecule has 0 saturated carbocycles. The highest BCUT2D eigenvalue weighted by Gasteiger charge is 2.15. The van der Waals surface area contributed by atoms with Gasteiger partial charge in [0.05, 0.1) is 0 Å². The Morgan fingerprint density at radius 1 is 1.38 bits per heavy atom. The van der Waals surface area contributed by atoms with Crippen molar-refractivity contribution >= 4 is 39.2 Å². The smallest absolute Gasteiger partial charge is 0.264 e. The van der Waals surface area contributed by atoms with Gasteiger partial charge in [-0.2, -0.15) is 0 Å². The fourth-order valence-electron chi connectivity index (χ4n) is 2.25. The highest BCUT2D eigenvalue weighted by molar-refractivity contribution is 9.10. The van der Waals surface area contributed by atoms with Gasteiger partial charge in [0.25, 0.3) is 5.91 Å². The molecular formula is C15H19BrN2O2S. The zero-order chi connectivity index (χ0) is 15.2. The maximum atomic E-state index is 11.9. The van der Waals surface area contributed by atoms with Gasteiger partial charge < -0.3 is 15.0 Å². The average Bonchev–Trinajstić information content (AvgIpc) is 2.47. The highest BCUT2D eigenvalue weighted by atomic mass is 79.9. The molecule has 1 aromatic carbocycles. The molecule has 1 amide bonds. The van der Waals surface area contributed by atoms with Crippen molar-refractivity contribution in [3.8, 4) is 5.75 Å². The van der Waals surface area contributed by atoms with Crippen molar-refractivity contribution in [2.24, 2.45) is 0 Å². The van der Waals surface area contributed by atoms with Gasteiger partial charge >= 0.3 is 0 Å². The largest absolute Gasteiger partial charge is 0.483 e. The number of halogens is 1. The molecule has 0 aliphatic carbocycles. The van der Waals surface area contributed by atoms with Gasteiger partial charge in [0.1, 0.15) is 5.75 Å². The van der Waals surface area contributed by atoms with Crippen LogP contribution < -0.4 is 10.1 Å². The third-order valence-electron chi connectivity index (χ3n) is 3.39. The first-order chi connectivity index (χ1) is 10.1. The maximum Gasteiger partial charge on any atom is 0.264 e. The summed E-state index contributed by atoms with van der Waals surface area (Å²) in [5.41, 5.74) is 0.982. The highest BCUT2D eigenvalue weighted by Crippen LogP contribution is 2.21. The van der Waals surface area contributed by atoms with Gasteiger partial charge in [0.15, 0.2) is 11.7 Å². The summed E-state index contributed by atoms with van der Waals surface area (Å²) in [6, 6.07) is 5.68. The van der Waals surface area contributed by atoms with E-state index in [0.717, 1.165) is 36.0 Å². The molecule has 1 saturated heterocycles. The molecule has 6 heteroatoms. The van der Waals surface area contributed by atoms with E-state index in [1.807, 2.05) is 30.0 Å². The topological polar surface area (TPSA) is 41.6 Å². The number of hydrogen-bond donors (Lipinski definition) is 1. The number of rotatable bonds is 3. The summed E-state index contributed by atoms with van der Waals surface area (Å²) in [4.78, 5) is 13.9. The lowest BCUT2D eigenvalue weighted by atomic mass is 10.1. The van der Waals surface area contributed by atoms with Gasteiger partial charge in [-0.3, -0.25) is 4.79 Å². The van der Waals surface area contributed by atoms with E-state index < -0.39 is 0 Å². The number of hydrogen-bond acceptors (Lipinski definition) is 3. The number of thiocarbonyl (C=S) groups is 1. The number of amides is 1. The Hall–Kier alpha value is -1.14. The van der Waals surface area contributed by atoms with Crippen LogP contribution in [-0.2, 0) is 4.79 Å². The minimum Gasteiger partial charge on any atom is -0.483 e. The van der Waals surface area contributed by atoms with Gasteiger partial charge in [-0.05, 0) is 62.2 Å². The lowest BCUT2D eigenvalue weighted by Gasteiger charge is -2.28. The number of nitrogens with zero attached hydrogens (tertiary/aromatic N) is 1. The zero-order valence-corrected chi connectivity index (χ0v) is 14.4. The van der Waals surface area contributed by atoms with E-state index in [2.05, 4.69) is 21.2 Å². The van der Waals surface area contributed by atoms with E-state index >= 15 is 0 Å².